The lowest BCUT2D eigenvalue weighted by atomic mass is 10.2. The molecule has 1 heterocycles. The maximum absolute atomic E-state index is 12.2. The number of nitriles is 1. The van der Waals surface area contributed by atoms with Crippen LogP contribution >= 0.6 is 0 Å². The quantitative estimate of drug-likeness (QED) is 0.894. The standard InChI is InChI=1S/C15H15N3O/c1-10-7-14(11(2)18(10)3)15(19)17-13-6-4-5-12(8-13)9-16/h4-8H,1-3H3,(H,17,19). The van der Waals surface area contributed by atoms with Gasteiger partial charge in [-0.1, -0.05) is 6.07 Å². The minimum Gasteiger partial charge on any atom is -0.351 e. The molecule has 0 fully saturated rings. The number of amides is 1. The second-order valence-corrected chi connectivity index (χ2v) is 4.49. The molecule has 0 saturated heterocycles. The molecule has 2 rings (SSSR count). The predicted molar refractivity (Wildman–Crippen MR) is 74.0 cm³/mol. The Morgan fingerprint density at radius 3 is 2.63 bits per heavy atom. The van der Waals surface area contributed by atoms with E-state index in [0.29, 0.717) is 16.8 Å². The zero-order chi connectivity index (χ0) is 14.0. The Morgan fingerprint density at radius 2 is 2.05 bits per heavy atom. The fraction of sp³-hybridized carbons (Fsp3) is 0.200. The Kier molecular flexibility index (Phi) is 3.39. The summed E-state index contributed by atoms with van der Waals surface area (Å²) in [4.78, 5) is 12.2. The fourth-order valence-electron chi connectivity index (χ4n) is 1.95. The summed E-state index contributed by atoms with van der Waals surface area (Å²) in [6.45, 7) is 3.87. The lowest BCUT2D eigenvalue weighted by Gasteiger charge is -2.05. The van der Waals surface area contributed by atoms with Crippen molar-refractivity contribution >= 4 is 11.6 Å². The first-order valence-electron chi connectivity index (χ1n) is 5.97. The highest BCUT2D eigenvalue weighted by Gasteiger charge is 2.14. The first-order valence-corrected chi connectivity index (χ1v) is 5.97. The molecular weight excluding hydrogens is 238 g/mol. The fourth-order valence-corrected chi connectivity index (χ4v) is 1.95. The molecule has 96 valence electrons. The van der Waals surface area contributed by atoms with Gasteiger partial charge in [0, 0.05) is 24.1 Å². The van der Waals surface area contributed by atoms with Crippen LogP contribution in [0.1, 0.15) is 27.3 Å². The number of hydrogen-bond acceptors (Lipinski definition) is 2. The van der Waals surface area contributed by atoms with E-state index in [9.17, 15) is 4.79 Å². The van der Waals surface area contributed by atoms with E-state index in [1.54, 1.807) is 24.3 Å². The molecule has 19 heavy (non-hydrogen) atoms. The molecule has 4 heteroatoms. The van der Waals surface area contributed by atoms with Gasteiger partial charge in [-0.3, -0.25) is 4.79 Å². The largest absolute Gasteiger partial charge is 0.351 e. The van der Waals surface area contributed by atoms with E-state index in [4.69, 9.17) is 5.26 Å². The molecule has 0 unspecified atom stereocenters. The van der Waals surface area contributed by atoms with Crippen LogP contribution in [0.25, 0.3) is 0 Å². The van der Waals surface area contributed by atoms with E-state index in [2.05, 4.69) is 5.32 Å². The molecule has 0 aliphatic carbocycles. The van der Waals surface area contributed by atoms with E-state index in [-0.39, 0.29) is 5.91 Å². The SMILES string of the molecule is Cc1cc(C(=O)Nc2cccc(C#N)c2)c(C)n1C. The minimum absolute atomic E-state index is 0.156. The molecule has 0 saturated carbocycles. The van der Waals surface area contributed by atoms with Crippen LogP contribution in [-0.2, 0) is 7.05 Å². The molecule has 0 radical (unpaired) electrons. The van der Waals surface area contributed by atoms with E-state index in [1.165, 1.54) is 0 Å². The summed E-state index contributed by atoms with van der Waals surface area (Å²) in [6.07, 6.45) is 0. The number of carbonyl (C=O) groups excluding carboxylic acids is 1. The number of aromatic nitrogens is 1. The smallest absolute Gasteiger partial charge is 0.257 e. The first-order chi connectivity index (χ1) is 9.02. The average molecular weight is 253 g/mol. The number of nitrogens with zero attached hydrogens (tertiary/aromatic N) is 2. The molecule has 2 aromatic rings. The van der Waals surface area contributed by atoms with Gasteiger partial charge >= 0.3 is 0 Å². The summed E-state index contributed by atoms with van der Waals surface area (Å²) in [5, 5.41) is 11.6. The Labute approximate surface area is 112 Å². The van der Waals surface area contributed by atoms with Gasteiger partial charge in [0.2, 0.25) is 0 Å². The molecule has 1 amide bonds. The number of nitrogens with one attached hydrogen (secondary N) is 1. The Balaban J connectivity index is 2.26. The number of aryl methyl sites for hydroxylation is 1. The van der Waals surface area contributed by atoms with E-state index in [0.717, 1.165) is 11.4 Å². The second-order valence-electron chi connectivity index (χ2n) is 4.49. The number of anilines is 1. The maximum Gasteiger partial charge on any atom is 0.257 e. The van der Waals surface area contributed by atoms with Crippen molar-refractivity contribution in [2.75, 3.05) is 5.32 Å². The van der Waals surface area contributed by atoms with Gasteiger partial charge in [-0.15, -0.1) is 0 Å². The van der Waals surface area contributed by atoms with Gasteiger partial charge in [-0.25, -0.2) is 0 Å². The van der Waals surface area contributed by atoms with Crippen LogP contribution < -0.4 is 5.32 Å². The Morgan fingerprint density at radius 1 is 1.32 bits per heavy atom. The third-order valence-corrected chi connectivity index (χ3v) is 3.27. The lowest BCUT2D eigenvalue weighted by molar-refractivity contribution is 0.102. The summed E-state index contributed by atoms with van der Waals surface area (Å²) in [5.41, 5.74) is 3.77. The summed E-state index contributed by atoms with van der Waals surface area (Å²) in [7, 11) is 1.93. The normalized spacial score (nSPS) is 10.0. The van der Waals surface area contributed by atoms with Crippen molar-refractivity contribution in [3.05, 3.63) is 52.8 Å². The van der Waals surface area contributed by atoms with Gasteiger partial charge in [0.25, 0.3) is 5.91 Å². The van der Waals surface area contributed by atoms with Crippen LogP contribution in [0.15, 0.2) is 30.3 Å². The number of carbonyl (C=O) groups is 1. The summed E-state index contributed by atoms with van der Waals surface area (Å²) >= 11 is 0. The highest BCUT2D eigenvalue weighted by atomic mass is 16.1. The Bertz CT molecular complexity index is 677. The summed E-state index contributed by atoms with van der Waals surface area (Å²) in [5.74, 6) is -0.156. The molecule has 1 aromatic carbocycles. The maximum atomic E-state index is 12.2. The van der Waals surface area contributed by atoms with Crippen molar-refractivity contribution < 1.29 is 4.79 Å². The zero-order valence-electron chi connectivity index (χ0n) is 11.2. The number of hydrogen-bond donors (Lipinski definition) is 1. The van der Waals surface area contributed by atoms with Crippen molar-refractivity contribution in [3.63, 3.8) is 0 Å². The van der Waals surface area contributed by atoms with Crippen LogP contribution in [0.5, 0.6) is 0 Å². The molecule has 4 nitrogen and oxygen atoms in total. The van der Waals surface area contributed by atoms with Crippen molar-refractivity contribution in [2.24, 2.45) is 7.05 Å². The van der Waals surface area contributed by atoms with Gasteiger partial charge in [0.1, 0.15) is 0 Å². The van der Waals surface area contributed by atoms with Crippen molar-refractivity contribution in [3.8, 4) is 6.07 Å². The van der Waals surface area contributed by atoms with E-state index >= 15 is 0 Å². The molecule has 0 spiro atoms. The van der Waals surface area contributed by atoms with Crippen molar-refractivity contribution in [1.29, 1.82) is 5.26 Å². The van der Waals surface area contributed by atoms with Crippen molar-refractivity contribution in [2.45, 2.75) is 13.8 Å². The molecular formula is C15H15N3O. The third kappa shape index (κ3) is 2.50. The summed E-state index contributed by atoms with van der Waals surface area (Å²) < 4.78 is 1.97. The van der Waals surface area contributed by atoms with Gasteiger partial charge in [-0.05, 0) is 38.1 Å². The molecule has 0 aliphatic rings. The third-order valence-electron chi connectivity index (χ3n) is 3.27. The summed E-state index contributed by atoms with van der Waals surface area (Å²) in [6, 6.07) is 10.8. The minimum atomic E-state index is -0.156. The van der Waals surface area contributed by atoms with Crippen LogP contribution in [0, 0.1) is 25.2 Å². The molecule has 0 atom stereocenters. The predicted octanol–water partition coefficient (Wildman–Crippen LogP) is 2.77. The van der Waals surface area contributed by atoms with Gasteiger partial charge in [0.05, 0.1) is 17.2 Å². The molecule has 0 aliphatic heterocycles. The van der Waals surface area contributed by atoms with Crippen LogP contribution in [0.2, 0.25) is 0 Å². The first kappa shape index (κ1) is 12.9. The van der Waals surface area contributed by atoms with Gasteiger partial charge in [0.15, 0.2) is 0 Å². The topological polar surface area (TPSA) is 57.8 Å². The molecule has 1 N–H and O–H groups in total. The monoisotopic (exact) mass is 253 g/mol. The van der Waals surface area contributed by atoms with Crippen LogP contribution in [0.3, 0.4) is 0 Å². The number of rotatable bonds is 2. The van der Waals surface area contributed by atoms with Gasteiger partial charge in [-0.2, -0.15) is 5.26 Å². The van der Waals surface area contributed by atoms with Crippen LogP contribution in [0.4, 0.5) is 5.69 Å². The van der Waals surface area contributed by atoms with E-state index in [1.807, 2.05) is 37.6 Å². The van der Waals surface area contributed by atoms with Crippen molar-refractivity contribution in [1.82, 2.24) is 4.57 Å². The number of benzene rings is 1. The molecule has 0 bridgehead atoms. The highest BCUT2D eigenvalue weighted by Crippen LogP contribution is 2.16. The highest BCUT2D eigenvalue weighted by molar-refractivity contribution is 6.05. The Hall–Kier alpha value is -2.54. The zero-order valence-corrected chi connectivity index (χ0v) is 11.2. The molecule has 1 aromatic heterocycles. The second kappa shape index (κ2) is 4.99. The lowest BCUT2D eigenvalue weighted by Crippen LogP contribution is -2.13. The van der Waals surface area contributed by atoms with Crippen LogP contribution in [-0.4, -0.2) is 10.5 Å². The van der Waals surface area contributed by atoms with Gasteiger partial charge < -0.3 is 9.88 Å². The average Bonchev–Trinajstić information content (AvgIpc) is 2.67. The van der Waals surface area contributed by atoms with E-state index < -0.39 is 0 Å².